The van der Waals surface area contributed by atoms with Crippen LogP contribution in [0.1, 0.15) is 24.8 Å². The van der Waals surface area contributed by atoms with E-state index in [9.17, 15) is 9.59 Å². The van der Waals surface area contributed by atoms with Crippen molar-refractivity contribution in [3.8, 4) is 0 Å². The quantitative estimate of drug-likeness (QED) is 0.853. The maximum atomic E-state index is 12.1. The van der Waals surface area contributed by atoms with Crippen LogP contribution in [-0.2, 0) is 16.0 Å². The number of nitrogens with zero attached hydrogens (tertiary/aromatic N) is 3. The van der Waals surface area contributed by atoms with Crippen molar-refractivity contribution in [3.63, 3.8) is 0 Å². The largest absolute Gasteiger partial charge is 0.339 e. The summed E-state index contributed by atoms with van der Waals surface area (Å²) in [5, 5.41) is 12.2. The van der Waals surface area contributed by atoms with Crippen molar-refractivity contribution >= 4 is 28.3 Å². The molecule has 20 heavy (non-hydrogen) atoms. The smallest absolute Gasteiger partial charge is 0.245 e. The Hall–Kier alpha value is -1.76. The molecule has 108 valence electrons. The number of likely N-dealkylation sites (tertiary alicyclic amines) is 1. The van der Waals surface area contributed by atoms with Gasteiger partial charge in [-0.15, -0.1) is 10.2 Å². The minimum Gasteiger partial charge on any atom is -0.339 e. The normalized spacial score (nSPS) is 15.9. The third-order valence-corrected chi connectivity index (χ3v) is 4.33. The molecular weight excluding hydrogens is 276 g/mol. The van der Waals surface area contributed by atoms with Crippen LogP contribution < -0.4 is 5.32 Å². The van der Waals surface area contributed by atoms with Crippen LogP contribution in [0.3, 0.4) is 0 Å². The Morgan fingerprint density at radius 1 is 1.45 bits per heavy atom. The third kappa shape index (κ3) is 3.41. The van der Waals surface area contributed by atoms with Crippen molar-refractivity contribution in [2.75, 3.05) is 18.4 Å². The van der Waals surface area contributed by atoms with Crippen LogP contribution in [0.5, 0.6) is 0 Å². The van der Waals surface area contributed by atoms with Crippen molar-refractivity contribution in [3.05, 3.63) is 17.7 Å². The highest BCUT2D eigenvalue weighted by molar-refractivity contribution is 7.15. The zero-order valence-electron chi connectivity index (χ0n) is 11.5. The first-order valence-electron chi connectivity index (χ1n) is 6.68. The average Bonchev–Trinajstić information content (AvgIpc) is 2.94. The van der Waals surface area contributed by atoms with Crippen molar-refractivity contribution in [2.45, 2.75) is 26.2 Å². The number of aryl methyl sites for hydroxylation is 1. The van der Waals surface area contributed by atoms with Crippen LogP contribution in [0.25, 0.3) is 0 Å². The summed E-state index contributed by atoms with van der Waals surface area (Å²) < 4.78 is 0. The molecule has 2 rings (SSSR count). The summed E-state index contributed by atoms with van der Waals surface area (Å²) in [7, 11) is 0. The van der Waals surface area contributed by atoms with Crippen LogP contribution in [0.15, 0.2) is 12.7 Å². The Morgan fingerprint density at radius 2 is 2.15 bits per heavy atom. The van der Waals surface area contributed by atoms with Crippen LogP contribution in [0, 0.1) is 5.92 Å². The monoisotopic (exact) mass is 294 g/mol. The van der Waals surface area contributed by atoms with Crippen LogP contribution in [-0.4, -0.2) is 40.0 Å². The van der Waals surface area contributed by atoms with Crippen molar-refractivity contribution < 1.29 is 9.59 Å². The predicted molar refractivity (Wildman–Crippen MR) is 77.4 cm³/mol. The summed E-state index contributed by atoms with van der Waals surface area (Å²) in [6, 6.07) is 0. The van der Waals surface area contributed by atoms with E-state index < -0.39 is 0 Å². The molecule has 6 nitrogen and oxygen atoms in total. The Bertz CT molecular complexity index is 506. The lowest BCUT2D eigenvalue weighted by Gasteiger charge is -2.30. The first-order valence-corrected chi connectivity index (χ1v) is 7.50. The molecule has 1 saturated heterocycles. The molecule has 0 unspecified atom stereocenters. The highest BCUT2D eigenvalue weighted by Gasteiger charge is 2.26. The zero-order chi connectivity index (χ0) is 14.5. The SMILES string of the molecule is C=CC(=O)N1CCC(C(=O)Nc2nnc(CC)s2)CC1. The van der Waals surface area contributed by atoms with Gasteiger partial charge < -0.3 is 10.2 Å². The van der Waals surface area contributed by atoms with Gasteiger partial charge in [0, 0.05) is 19.0 Å². The number of nitrogens with one attached hydrogen (secondary N) is 1. The summed E-state index contributed by atoms with van der Waals surface area (Å²) >= 11 is 1.40. The fourth-order valence-corrected chi connectivity index (χ4v) is 2.83. The molecule has 0 bridgehead atoms. The molecule has 0 aliphatic carbocycles. The number of hydrogen-bond acceptors (Lipinski definition) is 5. The Morgan fingerprint density at radius 3 is 2.70 bits per heavy atom. The van der Waals surface area contributed by atoms with Gasteiger partial charge in [0.05, 0.1) is 0 Å². The van der Waals surface area contributed by atoms with Gasteiger partial charge in [0.2, 0.25) is 16.9 Å². The number of piperidine rings is 1. The number of amides is 2. The molecule has 0 radical (unpaired) electrons. The van der Waals surface area contributed by atoms with Gasteiger partial charge in [0.1, 0.15) is 5.01 Å². The molecule has 0 aromatic carbocycles. The number of anilines is 1. The van der Waals surface area contributed by atoms with E-state index in [1.54, 1.807) is 4.90 Å². The lowest BCUT2D eigenvalue weighted by atomic mass is 9.96. The standard InChI is InChI=1S/C13H18N4O2S/c1-3-10-15-16-13(20-10)14-12(19)9-5-7-17(8-6-9)11(18)4-2/h4,9H,2-3,5-8H2,1H3,(H,14,16,19). The lowest BCUT2D eigenvalue weighted by Crippen LogP contribution is -2.40. The molecule has 1 aliphatic heterocycles. The van der Waals surface area contributed by atoms with E-state index in [2.05, 4.69) is 22.1 Å². The van der Waals surface area contributed by atoms with Crippen molar-refractivity contribution in [1.29, 1.82) is 0 Å². The molecule has 1 aromatic heterocycles. The number of carbonyl (C=O) groups excluding carboxylic acids is 2. The van der Waals surface area contributed by atoms with E-state index in [0.717, 1.165) is 11.4 Å². The zero-order valence-corrected chi connectivity index (χ0v) is 12.3. The fraction of sp³-hybridized carbons (Fsp3) is 0.538. The minimum absolute atomic E-state index is 0.0329. The molecule has 7 heteroatoms. The summed E-state index contributed by atoms with van der Waals surface area (Å²) in [5.74, 6) is -0.173. The van der Waals surface area contributed by atoms with E-state index in [4.69, 9.17) is 0 Å². The second kappa shape index (κ2) is 6.60. The molecule has 0 saturated carbocycles. The molecule has 1 fully saturated rings. The van der Waals surface area contributed by atoms with Gasteiger partial charge in [-0.2, -0.15) is 0 Å². The van der Waals surface area contributed by atoms with E-state index in [-0.39, 0.29) is 17.7 Å². The van der Waals surface area contributed by atoms with Gasteiger partial charge in [-0.05, 0) is 25.3 Å². The number of carbonyl (C=O) groups is 2. The number of aromatic nitrogens is 2. The van der Waals surface area contributed by atoms with E-state index in [0.29, 0.717) is 31.1 Å². The van der Waals surface area contributed by atoms with Gasteiger partial charge in [-0.25, -0.2) is 0 Å². The molecule has 0 spiro atoms. The topological polar surface area (TPSA) is 75.2 Å². The van der Waals surface area contributed by atoms with Crippen LogP contribution in [0.4, 0.5) is 5.13 Å². The van der Waals surface area contributed by atoms with Crippen molar-refractivity contribution in [1.82, 2.24) is 15.1 Å². The number of hydrogen-bond donors (Lipinski definition) is 1. The van der Waals surface area contributed by atoms with Gasteiger partial charge in [-0.1, -0.05) is 24.8 Å². The van der Waals surface area contributed by atoms with Crippen LogP contribution >= 0.6 is 11.3 Å². The molecule has 2 heterocycles. The highest BCUT2D eigenvalue weighted by atomic mass is 32.1. The summed E-state index contributed by atoms with van der Waals surface area (Å²) in [6.45, 7) is 6.66. The Kier molecular flexibility index (Phi) is 4.84. The molecule has 2 amide bonds. The fourth-order valence-electron chi connectivity index (χ4n) is 2.15. The predicted octanol–water partition coefficient (Wildman–Crippen LogP) is 1.46. The summed E-state index contributed by atoms with van der Waals surface area (Å²) in [4.78, 5) is 25.3. The maximum Gasteiger partial charge on any atom is 0.245 e. The molecule has 1 aliphatic rings. The maximum absolute atomic E-state index is 12.1. The van der Waals surface area contributed by atoms with Gasteiger partial charge in [-0.3, -0.25) is 9.59 Å². The molecule has 0 atom stereocenters. The molecule has 1 N–H and O–H groups in total. The van der Waals surface area contributed by atoms with Gasteiger partial charge >= 0.3 is 0 Å². The third-order valence-electron chi connectivity index (χ3n) is 3.35. The molecule has 1 aromatic rings. The first-order chi connectivity index (χ1) is 9.63. The second-order valence-electron chi connectivity index (χ2n) is 4.65. The molecular formula is C13H18N4O2S. The van der Waals surface area contributed by atoms with E-state index in [1.165, 1.54) is 17.4 Å². The van der Waals surface area contributed by atoms with Gasteiger partial charge in [0.15, 0.2) is 0 Å². The second-order valence-corrected chi connectivity index (χ2v) is 5.71. The average molecular weight is 294 g/mol. The lowest BCUT2D eigenvalue weighted by molar-refractivity contribution is -0.130. The summed E-state index contributed by atoms with van der Waals surface area (Å²) in [6.07, 6.45) is 3.47. The van der Waals surface area contributed by atoms with E-state index in [1.807, 2.05) is 6.92 Å². The van der Waals surface area contributed by atoms with Crippen molar-refractivity contribution in [2.24, 2.45) is 5.92 Å². The highest BCUT2D eigenvalue weighted by Crippen LogP contribution is 2.21. The Labute approximate surface area is 121 Å². The summed E-state index contributed by atoms with van der Waals surface area (Å²) in [5.41, 5.74) is 0. The number of rotatable bonds is 4. The minimum atomic E-state index is -0.0714. The Balaban J connectivity index is 1.85. The van der Waals surface area contributed by atoms with E-state index >= 15 is 0 Å². The van der Waals surface area contributed by atoms with Gasteiger partial charge in [0.25, 0.3) is 0 Å². The first kappa shape index (κ1) is 14.6. The van der Waals surface area contributed by atoms with Crippen LogP contribution in [0.2, 0.25) is 0 Å².